The standard InChI is InChI=1S/C27H34F2/c1-3-4-19-6-7-24(17-19)22-10-8-20(9-11-22)21-12-14-23(15-13-21)25-16-5-18(2)26(28)27(25)29/h5,12-16,19-20,22,24H,3-4,6-11,17H2,1-2H3. The van der Waals surface area contributed by atoms with Crippen LogP contribution in [0.4, 0.5) is 8.78 Å². The summed E-state index contributed by atoms with van der Waals surface area (Å²) in [7, 11) is 0. The van der Waals surface area contributed by atoms with E-state index in [4.69, 9.17) is 0 Å². The van der Waals surface area contributed by atoms with Crippen LogP contribution in [0.2, 0.25) is 0 Å². The minimum atomic E-state index is -0.740. The maximum Gasteiger partial charge on any atom is 0.166 e. The lowest BCUT2D eigenvalue weighted by Crippen LogP contribution is -2.19. The topological polar surface area (TPSA) is 0 Å². The summed E-state index contributed by atoms with van der Waals surface area (Å²) < 4.78 is 28.2. The zero-order valence-electron chi connectivity index (χ0n) is 17.9. The quantitative estimate of drug-likeness (QED) is 0.476. The molecule has 2 aromatic rings. The summed E-state index contributed by atoms with van der Waals surface area (Å²) in [6.07, 6.45) is 12.4. The average molecular weight is 397 g/mol. The molecule has 0 saturated heterocycles. The van der Waals surface area contributed by atoms with Crippen LogP contribution in [0.3, 0.4) is 0 Å². The van der Waals surface area contributed by atoms with Crippen molar-refractivity contribution in [2.24, 2.45) is 17.8 Å². The third-order valence-electron chi connectivity index (χ3n) is 7.69. The van der Waals surface area contributed by atoms with Crippen LogP contribution < -0.4 is 0 Å². The number of hydrogen-bond donors (Lipinski definition) is 0. The van der Waals surface area contributed by atoms with Gasteiger partial charge in [-0.3, -0.25) is 0 Å². The van der Waals surface area contributed by atoms with Crippen molar-refractivity contribution in [3.8, 4) is 11.1 Å². The summed E-state index contributed by atoms with van der Waals surface area (Å²) in [5.74, 6) is 2.02. The van der Waals surface area contributed by atoms with Gasteiger partial charge >= 0.3 is 0 Å². The Morgan fingerprint density at radius 2 is 1.48 bits per heavy atom. The highest BCUT2D eigenvalue weighted by Gasteiger charge is 2.33. The fraction of sp³-hybridized carbons (Fsp3) is 0.556. The van der Waals surface area contributed by atoms with Gasteiger partial charge in [-0.05, 0) is 85.8 Å². The van der Waals surface area contributed by atoms with Gasteiger partial charge in [0, 0.05) is 5.56 Å². The Labute approximate surface area is 174 Å². The van der Waals surface area contributed by atoms with Crippen LogP contribution in [0.5, 0.6) is 0 Å². The monoisotopic (exact) mass is 396 g/mol. The van der Waals surface area contributed by atoms with Crippen molar-refractivity contribution in [2.45, 2.75) is 77.6 Å². The van der Waals surface area contributed by atoms with Gasteiger partial charge in [-0.2, -0.15) is 0 Å². The molecule has 2 unspecified atom stereocenters. The molecule has 156 valence electrons. The summed E-state index contributed by atoms with van der Waals surface area (Å²) in [5, 5.41) is 0. The molecule has 0 N–H and O–H groups in total. The van der Waals surface area contributed by atoms with Crippen LogP contribution in [0.25, 0.3) is 11.1 Å². The van der Waals surface area contributed by atoms with Gasteiger partial charge in [0.1, 0.15) is 0 Å². The van der Waals surface area contributed by atoms with Crippen molar-refractivity contribution in [2.75, 3.05) is 0 Å². The summed E-state index contributed by atoms with van der Waals surface area (Å²) in [5.41, 5.74) is 2.82. The van der Waals surface area contributed by atoms with E-state index in [-0.39, 0.29) is 0 Å². The second-order valence-electron chi connectivity index (χ2n) is 9.52. The summed E-state index contributed by atoms with van der Waals surface area (Å²) in [4.78, 5) is 0. The largest absolute Gasteiger partial charge is 0.203 e. The Bertz CT molecular complexity index is 815. The Morgan fingerprint density at radius 1 is 0.793 bits per heavy atom. The number of rotatable bonds is 5. The molecule has 4 rings (SSSR count). The molecule has 2 aromatic carbocycles. The molecule has 2 heteroatoms. The predicted molar refractivity (Wildman–Crippen MR) is 117 cm³/mol. The first-order valence-corrected chi connectivity index (χ1v) is 11.6. The molecule has 29 heavy (non-hydrogen) atoms. The van der Waals surface area contributed by atoms with Gasteiger partial charge in [0.15, 0.2) is 11.6 Å². The first-order chi connectivity index (χ1) is 14.1. The molecular weight excluding hydrogens is 362 g/mol. The molecule has 2 saturated carbocycles. The Kier molecular flexibility index (Phi) is 6.37. The zero-order valence-corrected chi connectivity index (χ0v) is 17.9. The van der Waals surface area contributed by atoms with Gasteiger partial charge in [0.2, 0.25) is 0 Å². The van der Waals surface area contributed by atoms with Crippen molar-refractivity contribution in [3.63, 3.8) is 0 Å². The third kappa shape index (κ3) is 4.42. The minimum absolute atomic E-state index is 0.350. The summed E-state index contributed by atoms with van der Waals surface area (Å²) >= 11 is 0. The molecule has 0 heterocycles. The number of benzene rings is 2. The Morgan fingerprint density at radius 3 is 2.17 bits per heavy atom. The van der Waals surface area contributed by atoms with Gasteiger partial charge in [-0.25, -0.2) is 8.78 Å². The van der Waals surface area contributed by atoms with Crippen LogP contribution in [-0.2, 0) is 0 Å². The maximum absolute atomic E-state index is 14.3. The van der Waals surface area contributed by atoms with Gasteiger partial charge in [0.25, 0.3) is 0 Å². The molecule has 0 aromatic heterocycles. The number of aryl methyl sites for hydroxylation is 1. The Balaban J connectivity index is 1.37. The lowest BCUT2D eigenvalue weighted by Gasteiger charge is -2.32. The molecule has 2 fully saturated rings. The zero-order chi connectivity index (χ0) is 20.4. The second-order valence-corrected chi connectivity index (χ2v) is 9.52. The van der Waals surface area contributed by atoms with Crippen molar-refractivity contribution >= 4 is 0 Å². The van der Waals surface area contributed by atoms with E-state index in [2.05, 4.69) is 19.1 Å². The van der Waals surface area contributed by atoms with E-state index in [1.165, 1.54) is 63.4 Å². The van der Waals surface area contributed by atoms with Crippen molar-refractivity contribution in [1.29, 1.82) is 0 Å². The molecular formula is C27H34F2. The lowest BCUT2D eigenvalue weighted by molar-refractivity contribution is 0.229. The van der Waals surface area contributed by atoms with Crippen LogP contribution in [0, 0.1) is 36.3 Å². The molecule has 0 radical (unpaired) electrons. The Hall–Kier alpha value is -1.70. The summed E-state index contributed by atoms with van der Waals surface area (Å²) in [6.45, 7) is 3.91. The SMILES string of the molecule is CCCC1CCC(C2CCC(c3ccc(-c4ccc(C)c(F)c4F)cc3)CC2)C1. The number of halogens is 2. The molecule has 0 amide bonds. The van der Waals surface area contributed by atoms with Crippen molar-refractivity contribution in [3.05, 3.63) is 59.2 Å². The van der Waals surface area contributed by atoms with Gasteiger partial charge in [-0.1, -0.05) is 62.6 Å². The van der Waals surface area contributed by atoms with E-state index >= 15 is 0 Å². The summed E-state index contributed by atoms with van der Waals surface area (Å²) in [6, 6.07) is 11.5. The third-order valence-corrected chi connectivity index (χ3v) is 7.69. The van der Waals surface area contributed by atoms with E-state index in [1.807, 2.05) is 12.1 Å². The highest BCUT2D eigenvalue weighted by atomic mass is 19.2. The molecule has 0 aliphatic heterocycles. The van der Waals surface area contributed by atoms with Crippen LogP contribution in [0.15, 0.2) is 36.4 Å². The molecule has 0 nitrogen and oxygen atoms in total. The van der Waals surface area contributed by atoms with Crippen molar-refractivity contribution < 1.29 is 8.78 Å². The second kappa shape index (κ2) is 8.98. The lowest BCUT2D eigenvalue weighted by atomic mass is 9.73. The van der Waals surface area contributed by atoms with Gasteiger partial charge in [-0.15, -0.1) is 0 Å². The van der Waals surface area contributed by atoms with Gasteiger partial charge in [0.05, 0.1) is 0 Å². The molecule has 0 spiro atoms. The predicted octanol–water partition coefficient (Wildman–Crippen LogP) is 8.43. The maximum atomic E-state index is 14.3. The van der Waals surface area contributed by atoms with Gasteiger partial charge < -0.3 is 0 Å². The molecule has 2 atom stereocenters. The van der Waals surface area contributed by atoms with Crippen LogP contribution in [-0.4, -0.2) is 0 Å². The highest BCUT2D eigenvalue weighted by molar-refractivity contribution is 5.65. The normalized spacial score (nSPS) is 27.3. The first-order valence-electron chi connectivity index (χ1n) is 11.6. The van der Waals surface area contributed by atoms with Crippen molar-refractivity contribution in [1.82, 2.24) is 0 Å². The fourth-order valence-corrected chi connectivity index (χ4v) is 5.94. The molecule has 0 bridgehead atoms. The van der Waals surface area contributed by atoms with E-state index in [1.54, 1.807) is 19.1 Å². The van der Waals surface area contributed by atoms with E-state index in [9.17, 15) is 8.78 Å². The average Bonchev–Trinajstić information content (AvgIpc) is 3.22. The minimum Gasteiger partial charge on any atom is -0.203 e. The van der Waals surface area contributed by atoms with E-state index in [0.29, 0.717) is 17.0 Å². The van der Waals surface area contributed by atoms with Crippen LogP contribution >= 0.6 is 0 Å². The van der Waals surface area contributed by atoms with E-state index < -0.39 is 11.6 Å². The fourth-order valence-electron chi connectivity index (χ4n) is 5.94. The van der Waals surface area contributed by atoms with Crippen LogP contribution in [0.1, 0.15) is 81.8 Å². The smallest absolute Gasteiger partial charge is 0.166 e. The first kappa shape index (κ1) is 20.6. The molecule has 2 aliphatic carbocycles. The number of hydrogen-bond acceptors (Lipinski definition) is 0. The molecule has 2 aliphatic rings. The van der Waals surface area contributed by atoms with E-state index in [0.717, 1.165) is 23.3 Å². The highest BCUT2D eigenvalue weighted by Crippen LogP contribution is 2.46.